The summed E-state index contributed by atoms with van der Waals surface area (Å²) in [5.74, 6) is 0.212. The van der Waals surface area contributed by atoms with Crippen molar-refractivity contribution in [2.45, 2.75) is 6.92 Å². The Morgan fingerprint density at radius 1 is 1.26 bits per heavy atom. The van der Waals surface area contributed by atoms with Crippen LogP contribution in [-0.4, -0.2) is 24.0 Å². The second-order valence-electron chi connectivity index (χ2n) is 5.02. The number of hydrogen-bond acceptors (Lipinski definition) is 4. The van der Waals surface area contributed by atoms with Crippen LogP contribution in [0.3, 0.4) is 0 Å². The summed E-state index contributed by atoms with van der Waals surface area (Å²) in [6.07, 6.45) is -1.12. The molecule has 0 saturated heterocycles. The number of halogens is 1. The molecule has 5 nitrogen and oxygen atoms in total. The molecule has 0 bridgehead atoms. The summed E-state index contributed by atoms with van der Waals surface area (Å²) < 4.78 is 5.52. The Kier molecular flexibility index (Phi) is 3.87. The number of nitrogens with zero attached hydrogens (tertiary/aromatic N) is 1. The van der Waals surface area contributed by atoms with E-state index in [2.05, 4.69) is 0 Å². The molecule has 0 aliphatic carbocycles. The number of hydrogen-bond donors (Lipinski definition) is 1. The molecule has 0 aliphatic heterocycles. The SMILES string of the molecule is CC(=O)c1ccc(-c2cc(Cl)c3oc(N(C)C(=O)O)cc3c2)s1. The van der Waals surface area contributed by atoms with Crippen LogP contribution in [0.5, 0.6) is 0 Å². The molecule has 0 aliphatic rings. The normalized spacial score (nSPS) is 10.9. The monoisotopic (exact) mass is 349 g/mol. The van der Waals surface area contributed by atoms with Crippen LogP contribution in [0.4, 0.5) is 10.7 Å². The summed E-state index contributed by atoms with van der Waals surface area (Å²) in [5.41, 5.74) is 1.28. The van der Waals surface area contributed by atoms with Crippen LogP contribution in [0.2, 0.25) is 5.02 Å². The molecule has 118 valence electrons. The summed E-state index contributed by atoms with van der Waals surface area (Å²) in [6.45, 7) is 1.52. The molecule has 0 saturated carbocycles. The zero-order chi connectivity index (χ0) is 16.7. The Bertz CT molecular complexity index is 927. The Hall–Kier alpha value is -2.31. The maximum absolute atomic E-state index is 11.4. The van der Waals surface area contributed by atoms with Crippen LogP contribution in [0.15, 0.2) is 34.7 Å². The van der Waals surface area contributed by atoms with E-state index < -0.39 is 6.09 Å². The van der Waals surface area contributed by atoms with E-state index in [-0.39, 0.29) is 11.7 Å². The van der Waals surface area contributed by atoms with Gasteiger partial charge in [0.25, 0.3) is 0 Å². The van der Waals surface area contributed by atoms with Gasteiger partial charge in [-0.25, -0.2) is 4.79 Å². The summed E-state index contributed by atoms with van der Waals surface area (Å²) in [6, 6.07) is 8.87. The molecular weight excluding hydrogens is 338 g/mol. The van der Waals surface area contributed by atoms with Gasteiger partial charge in [0, 0.05) is 23.4 Å². The first kappa shape index (κ1) is 15.6. The third-order valence-electron chi connectivity index (χ3n) is 3.41. The van der Waals surface area contributed by atoms with Crippen LogP contribution in [0, 0.1) is 0 Å². The van der Waals surface area contributed by atoms with Gasteiger partial charge in [0.15, 0.2) is 11.4 Å². The van der Waals surface area contributed by atoms with Crippen LogP contribution >= 0.6 is 22.9 Å². The lowest BCUT2D eigenvalue weighted by Crippen LogP contribution is -2.22. The minimum Gasteiger partial charge on any atom is -0.465 e. The molecule has 0 atom stereocenters. The molecule has 1 amide bonds. The van der Waals surface area contributed by atoms with Gasteiger partial charge in [-0.3, -0.25) is 9.69 Å². The number of amides is 1. The molecule has 0 radical (unpaired) electrons. The number of fused-ring (bicyclic) bond motifs is 1. The number of rotatable bonds is 3. The van der Waals surface area contributed by atoms with E-state index in [1.165, 1.54) is 25.3 Å². The predicted molar refractivity (Wildman–Crippen MR) is 91.0 cm³/mol. The quantitative estimate of drug-likeness (QED) is 0.665. The maximum Gasteiger partial charge on any atom is 0.413 e. The zero-order valence-electron chi connectivity index (χ0n) is 12.3. The number of carboxylic acid groups (broad SMARTS) is 1. The van der Waals surface area contributed by atoms with Gasteiger partial charge >= 0.3 is 6.09 Å². The second kappa shape index (κ2) is 5.72. The zero-order valence-corrected chi connectivity index (χ0v) is 13.9. The minimum absolute atomic E-state index is 0.0158. The summed E-state index contributed by atoms with van der Waals surface area (Å²) in [7, 11) is 1.40. The van der Waals surface area contributed by atoms with Crippen molar-refractivity contribution in [1.82, 2.24) is 0 Å². The van der Waals surface area contributed by atoms with Gasteiger partial charge < -0.3 is 9.52 Å². The van der Waals surface area contributed by atoms with Crippen molar-refractivity contribution in [3.63, 3.8) is 0 Å². The smallest absolute Gasteiger partial charge is 0.413 e. The van der Waals surface area contributed by atoms with Crippen LogP contribution in [-0.2, 0) is 0 Å². The average Bonchev–Trinajstić information content (AvgIpc) is 3.13. The fourth-order valence-electron chi connectivity index (χ4n) is 2.18. The molecule has 0 unspecified atom stereocenters. The van der Waals surface area contributed by atoms with E-state index in [1.807, 2.05) is 12.1 Å². The van der Waals surface area contributed by atoms with E-state index in [0.717, 1.165) is 15.3 Å². The lowest BCUT2D eigenvalue weighted by Gasteiger charge is -2.07. The molecule has 23 heavy (non-hydrogen) atoms. The standard InChI is InChI=1S/C16H12ClNO4S/c1-8(19)12-3-4-13(23-12)9-5-10-7-14(18(2)16(20)21)22-15(10)11(17)6-9/h3-7H,1-2H3,(H,20,21). The molecule has 7 heteroatoms. The van der Waals surface area contributed by atoms with Gasteiger partial charge in [-0.1, -0.05) is 11.6 Å². The maximum atomic E-state index is 11.4. The highest BCUT2D eigenvalue weighted by Crippen LogP contribution is 2.37. The number of carbonyl (C=O) groups is 2. The Morgan fingerprint density at radius 3 is 2.61 bits per heavy atom. The molecule has 1 N–H and O–H groups in total. The minimum atomic E-state index is -1.12. The van der Waals surface area contributed by atoms with Gasteiger partial charge in [-0.2, -0.15) is 0 Å². The van der Waals surface area contributed by atoms with Crippen molar-refractivity contribution in [2.75, 3.05) is 11.9 Å². The Balaban J connectivity index is 2.09. The highest BCUT2D eigenvalue weighted by molar-refractivity contribution is 7.17. The fraction of sp³-hybridized carbons (Fsp3) is 0.125. The number of carbonyl (C=O) groups excluding carboxylic acids is 1. The van der Waals surface area contributed by atoms with E-state index in [1.54, 1.807) is 18.2 Å². The molecule has 1 aromatic carbocycles. The molecule has 3 rings (SSSR count). The molecule has 0 fully saturated rings. The number of Topliss-reactive ketones (excluding diaryl/α,β-unsaturated/α-hetero) is 1. The number of benzene rings is 1. The Labute approximate surface area is 140 Å². The second-order valence-corrected chi connectivity index (χ2v) is 6.51. The van der Waals surface area contributed by atoms with E-state index >= 15 is 0 Å². The molecular formula is C16H12ClNO4S. The van der Waals surface area contributed by atoms with Crippen LogP contribution < -0.4 is 4.90 Å². The highest BCUT2D eigenvalue weighted by atomic mass is 35.5. The van der Waals surface area contributed by atoms with Gasteiger partial charge in [-0.15, -0.1) is 11.3 Å². The van der Waals surface area contributed by atoms with Crippen LogP contribution in [0.1, 0.15) is 16.6 Å². The Morgan fingerprint density at radius 2 is 2.00 bits per heavy atom. The number of ketones is 1. The predicted octanol–water partition coefficient (Wildman–Crippen LogP) is 5.13. The summed E-state index contributed by atoms with van der Waals surface area (Å²) in [5, 5.41) is 10.1. The molecule has 2 aromatic heterocycles. The summed E-state index contributed by atoms with van der Waals surface area (Å²) in [4.78, 5) is 25.0. The van der Waals surface area contributed by atoms with Crippen LogP contribution in [0.25, 0.3) is 21.4 Å². The van der Waals surface area contributed by atoms with Gasteiger partial charge in [0.1, 0.15) is 0 Å². The van der Waals surface area contributed by atoms with Gasteiger partial charge in [0.05, 0.1) is 9.90 Å². The lowest BCUT2D eigenvalue weighted by molar-refractivity contribution is 0.102. The largest absolute Gasteiger partial charge is 0.465 e. The average molecular weight is 350 g/mol. The number of thiophene rings is 1. The van der Waals surface area contributed by atoms with E-state index in [4.69, 9.17) is 21.1 Å². The van der Waals surface area contributed by atoms with Crippen molar-refractivity contribution in [2.24, 2.45) is 0 Å². The third kappa shape index (κ3) is 2.83. The first-order chi connectivity index (χ1) is 10.9. The van der Waals surface area contributed by atoms with Crippen molar-refractivity contribution >= 4 is 51.7 Å². The fourth-order valence-corrected chi connectivity index (χ4v) is 3.33. The van der Waals surface area contributed by atoms with Crippen molar-refractivity contribution in [1.29, 1.82) is 0 Å². The summed E-state index contributed by atoms with van der Waals surface area (Å²) >= 11 is 7.64. The topological polar surface area (TPSA) is 70.8 Å². The number of anilines is 1. The molecule has 2 heterocycles. The van der Waals surface area contributed by atoms with Crippen molar-refractivity contribution in [3.8, 4) is 10.4 Å². The third-order valence-corrected chi connectivity index (χ3v) is 4.93. The highest BCUT2D eigenvalue weighted by Gasteiger charge is 2.17. The first-order valence-electron chi connectivity index (χ1n) is 6.67. The molecule has 3 aromatic rings. The van der Waals surface area contributed by atoms with Crippen molar-refractivity contribution < 1.29 is 19.1 Å². The van der Waals surface area contributed by atoms with Gasteiger partial charge in [-0.05, 0) is 36.8 Å². The first-order valence-corrected chi connectivity index (χ1v) is 7.87. The lowest BCUT2D eigenvalue weighted by atomic mass is 10.1. The van der Waals surface area contributed by atoms with E-state index in [9.17, 15) is 9.59 Å². The van der Waals surface area contributed by atoms with Crippen molar-refractivity contribution in [3.05, 3.63) is 40.2 Å². The molecule has 0 spiro atoms. The van der Waals surface area contributed by atoms with Gasteiger partial charge in [0.2, 0.25) is 5.88 Å². The number of furan rings is 1. The van der Waals surface area contributed by atoms with E-state index in [0.29, 0.717) is 20.9 Å².